The maximum absolute atomic E-state index is 4.04. The number of piperidine rings is 1. The molecule has 1 N–H and O–H groups in total. The van der Waals surface area contributed by atoms with E-state index in [-0.39, 0.29) is 0 Å². The van der Waals surface area contributed by atoms with Crippen molar-refractivity contribution in [2.75, 3.05) is 25.0 Å². The zero-order chi connectivity index (χ0) is 9.80. The third-order valence-corrected chi connectivity index (χ3v) is 2.74. The molecule has 1 aliphatic heterocycles. The number of nitrogens with one attached hydrogen (secondary N) is 1. The summed E-state index contributed by atoms with van der Waals surface area (Å²) in [6, 6.07) is 0.601. The highest BCUT2D eigenvalue weighted by Gasteiger charge is 2.18. The molecule has 1 atom stereocenters. The molecular weight excluding hydrogens is 176 g/mol. The molecule has 0 radical (unpaired) electrons. The lowest BCUT2D eigenvalue weighted by Crippen LogP contribution is -2.44. The van der Waals surface area contributed by atoms with Gasteiger partial charge in [0, 0.05) is 19.1 Å². The van der Waals surface area contributed by atoms with E-state index >= 15 is 0 Å². The van der Waals surface area contributed by atoms with Crippen LogP contribution in [0.15, 0.2) is 18.7 Å². The highest BCUT2D eigenvalue weighted by atomic mass is 15.2. The summed E-state index contributed by atoms with van der Waals surface area (Å²) < 4.78 is 0. The molecule has 1 fully saturated rings. The maximum atomic E-state index is 4.04. The van der Waals surface area contributed by atoms with E-state index in [1.165, 1.54) is 12.8 Å². The fourth-order valence-corrected chi connectivity index (χ4v) is 1.90. The number of hydrogen-bond acceptors (Lipinski definition) is 4. The topological polar surface area (TPSA) is 41.0 Å². The summed E-state index contributed by atoms with van der Waals surface area (Å²) in [5.41, 5.74) is 1.13. The molecule has 1 saturated heterocycles. The third-order valence-electron chi connectivity index (χ3n) is 2.74. The Bertz CT molecular complexity index is 275. The number of anilines is 1. The molecule has 2 rings (SSSR count). The van der Waals surface area contributed by atoms with Crippen molar-refractivity contribution >= 4 is 5.69 Å². The Balaban J connectivity index is 2.04. The highest BCUT2D eigenvalue weighted by Crippen LogP contribution is 2.17. The molecule has 2 heterocycles. The van der Waals surface area contributed by atoms with Gasteiger partial charge in [-0.25, -0.2) is 9.97 Å². The molecule has 76 valence electrons. The molecule has 0 aliphatic carbocycles. The molecule has 0 amide bonds. The molecule has 4 heteroatoms. The number of likely N-dealkylation sites (N-methyl/N-ethyl adjacent to an activating group) is 1. The Labute approximate surface area is 84.4 Å². The standard InChI is InChI=1S/C10H16N4/c1-11-9-3-2-4-14(7-9)10-5-12-8-13-6-10/h5-6,8-9,11H,2-4,7H2,1H3. The lowest BCUT2D eigenvalue weighted by Gasteiger charge is -2.33. The van der Waals surface area contributed by atoms with Crippen molar-refractivity contribution in [3.63, 3.8) is 0 Å². The van der Waals surface area contributed by atoms with E-state index in [1.807, 2.05) is 19.4 Å². The Morgan fingerprint density at radius 2 is 2.21 bits per heavy atom. The predicted octanol–water partition coefficient (Wildman–Crippen LogP) is 0.665. The summed E-state index contributed by atoms with van der Waals surface area (Å²) in [5, 5.41) is 3.32. The summed E-state index contributed by atoms with van der Waals surface area (Å²) in [5.74, 6) is 0. The monoisotopic (exact) mass is 192 g/mol. The molecule has 4 nitrogen and oxygen atoms in total. The molecule has 0 spiro atoms. The van der Waals surface area contributed by atoms with Crippen LogP contribution < -0.4 is 10.2 Å². The van der Waals surface area contributed by atoms with Crippen molar-refractivity contribution in [1.82, 2.24) is 15.3 Å². The van der Waals surface area contributed by atoms with Crippen molar-refractivity contribution in [1.29, 1.82) is 0 Å². The lowest BCUT2D eigenvalue weighted by molar-refractivity contribution is 0.449. The summed E-state index contributed by atoms with van der Waals surface area (Å²) in [7, 11) is 2.02. The fourth-order valence-electron chi connectivity index (χ4n) is 1.90. The average Bonchev–Trinajstić information content (AvgIpc) is 2.30. The van der Waals surface area contributed by atoms with E-state index < -0.39 is 0 Å². The van der Waals surface area contributed by atoms with Crippen molar-refractivity contribution in [3.8, 4) is 0 Å². The van der Waals surface area contributed by atoms with Gasteiger partial charge in [0.05, 0.1) is 18.1 Å². The smallest absolute Gasteiger partial charge is 0.115 e. The first kappa shape index (κ1) is 9.40. The Morgan fingerprint density at radius 1 is 1.43 bits per heavy atom. The molecule has 14 heavy (non-hydrogen) atoms. The van der Waals surface area contributed by atoms with Crippen LogP contribution in [-0.4, -0.2) is 36.1 Å². The number of rotatable bonds is 2. The van der Waals surface area contributed by atoms with Crippen molar-refractivity contribution in [3.05, 3.63) is 18.7 Å². The zero-order valence-electron chi connectivity index (χ0n) is 8.48. The molecule has 1 aliphatic rings. The molecule has 0 saturated carbocycles. The SMILES string of the molecule is CNC1CCCN(c2cncnc2)C1. The minimum atomic E-state index is 0.601. The van der Waals surface area contributed by atoms with Gasteiger partial charge in [0.25, 0.3) is 0 Å². The van der Waals surface area contributed by atoms with E-state index in [1.54, 1.807) is 6.33 Å². The van der Waals surface area contributed by atoms with Gasteiger partial charge in [0.2, 0.25) is 0 Å². The number of hydrogen-bond donors (Lipinski definition) is 1. The van der Waals surface area contributed by atoms with Gasteiger partial charge >= 0.3 is 0 Å². The van der Waals surface area contributed by atoms with E-state index in [4.69, 9.17) is 0 Å². The minimum Gasteiger partial charge on any atom is -0.367 e. The summed E-state index contributed by atoms with van der Waals surface area (Å²) in [6.45, 7) is 2.18. The van der Waals surface area contributed by atoms with Crippen LogP contribution in [-0.2, 0) is 0 Å². The molecule has 1 aromatic heterocycles. The predicted molar refractivity (Wildman–Crippen MR) is 56.3 cm³/mol. The normalized spacial score (nSPS) is 22.4. The van der Waals surface area contributed by atoms with Crippen LogP contribution >= 0.6 is 0 Å². The van der Waals surface area contributed by atoms with Gasteiger partial charge < -0.3 is 10.2 Å². The summed E-state index contributed by atoms with van der Waals surface area (Å²) in [6.07, 6.45) is 7.83. The number of aromatic nitrogens is 2. The first-order chi connectivity index (χ1) is 6.90. The lowest BCUT2D eigenvalue weighted by atomic mass is 10.1. The van der Waals surface area contributed by atoms with E-state index in [2.05, 4.69) is 20.2 Å². The van der Waals surface area contributed by atoms with Gasteiger partial charge in [-0.1, -0.05) is 0 Å². The second-order valence-electron chi connectivity index (χ2n) is 3.67. The van der Waals surface area contributed by atoms with Crippen LogP contribution in [0.2, 0.25) is 0 Å². The largest absolute Gasteiger partial charge is 0.367 e. The molecule has 0 aromatic carbocycles. The Kier molecular flexibility index (Phi) is 2.93. The second-order valence-corrected chi connectivity index (χ2v) is 3.67. The Hall–Kier alpha value is -1.16. The first-order valence-corrected chi connectivity index (χ1v) is 5.07. The van der Waals surface area contributed by atoms with Crippen molar-refractivity contribution in [2.24, 2.45) is 0 Å². The quantitative estimate of drug-likeness (QED) is 0.747. The summed E-state index contributed by atoms with van der Waals surface area (Å²) in [4.78, 5) is 10.4. The molecule has 0 bridgehead atoms. The first-order valence-electron chi connectivity index (χ1n) is 5.07. The van der Waals surface area contributed by atoms with E-state index in [9.17, 15) is 0 Å². The zero-order valence-corrected chi connectivity index (χ0v) is 8.48. The molecule has 1 unspecified atom stereocenters. The minimum absolute atomic E-state index is 0.601. The van der Waals surface area contributed by atoms with Crippen LogP contribution in [0.5, 0.6) is 0 Å². The number of nitrogens with zero attached hydrogens (tertiary/aromatic N) is 3. The van der Waals surface area contributed by atoms with Crippen LogP contribution in [0.1, 0.15) is 12.8 Å². The summed E-state index contributed by atoms with van der Waals surface area (Å²) >= 11 is 0. The molecule has 1 aromatic rings. The fraction of sp³-hybridized carbons (Fsp3) is 0.600. The van der Waals surface area contributed by atoms with Gasteiger partial charge in [-0.15, -0.1) is 0 Å². The van der Waals surface area contributed by atoms with Gasteiger partial charge in [-0.2, -0.15) is 0 Å². The van der Waals surface area contributed by atoms with E-state index in [0.717, 1.165) is 18.8 Å². The third kappa shape index (κ3) is 2.01. The van der Waals surface area contributed by atoms with Gasteiger partial charge in [-0.3, -0.25) is 0 Å². The Morgan fingerprint density at radius 3 is 2.93 bits per heavy atom. The van der Waals surface area contributed by atoms with E-state index in [0.29, 0.717) is 6.04 Å². The van der Waals surface area contributed by atoms with Gasteiger partial charge in [-0.05, 0) is 19.9 Å². The van der Waals surface area contributed by atoms with Crippen LogP contribution in [0.4, 0.5) is 5.69 Å². The maximum Gasteiger partial charge on any atom is 0.115 e. The van der Waals surface area contributed by atoms with Crippen LogP contribution in [0.25, 0.3) is 0 Å². The second kappa shape index (κ2) is 4.37. The highest BCUT2D eigenvalue weighted by molar-refractivity contribution is 5.42. The average molecular weight is 192 g/mol. The van der Waals surface area contributed by atoms with Crippen LogP contribution in [0.3, 0.4) is 0 Å². The van der Waals surface area contributed by atoms with Crippen molar-refractivity contribution < 1.29 is 0 Å². The van der Waals surface area contributed by atoms with Gasteiger partial charge in [0.1, 0.15) is 6.33 Å². The molecular formula is C10H16N4. The van der Waals surface area contributed by atoms with Crippen LogP contribution in [0, 0.1) is 0 Å². The van der Waals surface area contributed by atoms with Crippen molar-refractivity contribution in [2.45, 2.75) is 18.9 Å². The van der Waals surface area contributed by atoms with Gasteiger partial charge in [0.15, 0.2) is 0 Å².